The molecule has 2 fully saturated rings. The number of morpholine rings is 1. The van der Waals surface area contributed by atoms with E-state index in [2.05, 4.69) is 33.9 Å². The molecule has 7 heteroatoms. The lowest BCUT2D eigenvalue weighted by Gasteiger charge is -2.25. The largest absolute Gasteiger partial charge is 0.379 e. The SMILES string of the molecule is CC(C)CN1CCC(C(=O)Nc2ncc(CN3CCOCC3)s2)C1. The van der Waals surface area contributed by atoms with Gasteiger partial charge in [0.2, 0.25) is 5.91 Å². The van der Waals surface area contributed by atoms with E-state index in [-0.39, 0.29) is 11.8 Å². The van der Waals surface area contributed by atoms with Gasteiger partial charge in [-0.2, -0.15) is 0 Å². The van der Waals surface area contributed by atoms with Crippen molar-refractivity contribution in [3.05, 3.63) is 11.1 Å². The maximum Gasteiger partial charge on any atom is 0.230 e. The minimum Gasteiger partial charge on any atom is -0.379 e. The van der Waals surface area contributed by atoms with Gasteiger partial charge in [0.1, 0.15) is 0 Å². The number of amides is 1. The third-order valence-corrected chi connectivity index (χ3v) is 5.43. The molecule has 3 rings (SSSR count). The van der Waals surface area contributed by atoms with Gasteiger partial charge < -0.3 is 15.0 Å². The number of carbonyl (C=O) groups excluding carboxylic acids is 1. The second-order valence-corrected chi connectivity index (χ2v) is 8.26. The molecule has 2 saturated heterocycles. The summed E-state index contributed by atoms with van der Waals surface area (Å²) in [5, 5.41) is 3.74. The van der Waals surface area contributed by atoms with Crippen molar-refractivity contribution in [1.82, 2.24) is 14.8 Å². The molecule has 3 heterocycles. The average molecular weight is 353 g/mol. The first kappa shape index (κ1) is 17.8. The molecule has 1 amide bonds. The molecule has 1 N–H and O–H groups in total. The van der Waals surface area contributed by atoms with Crippen LogP contribution >= 0.6 is 11.3 Å². The van der Waals surface area contributed by atoms with Crippen molar-refractivity contribution in [2.75, 3.05) is 51.3 Å². The summed E-state index contributed by atoms with van der Waals surface area (Å²) < 4.78 is 5.37. The Hall–Kier alpha value is -1.02. The number of rotatable bonds is 6. The Labute approximate surface area is 148 Å². The minimum atomic E-state index is 0.0929. The van der Waals surface area contributed by atoms with Gasteiger partial charge in [0.15, 0.2) is 5.13 Å². The zero-order valence-electron chi connectivity index (χ0n) is 14.7. The number of ether oxygens (including phenoxy) is 1. The van der Waals surface area contributed by atoms with Crippen LogP contribution in [0.5, 0.6) is 0 Å². The van der Waals surface area contributed by atoms with Gasteiger partial charge >= 0.3 is 0 Å². The molecule has 2 aliphatic rings. The van der Waals surface area contributed by atoms with Crippen LogP contribution in [0.2, 0.25) is 0 Å². The van der Waals surface area contributed by atoms with Crippen LogP contribution in [0.25, 0.3) is 0 Å². The highest BCUT2D eigenvalue weighted by atomic mass is 32.1. The second-order valence-electron chi connectivity index (χ2n) is 7.15. The predicted molar refractivity (Wildman–Crippen MR) is 96.2 cm³/mol. The average Bonchev–Trinajstić information content (AvgIpc) is 3.17. The number of nitrogens with zero attached hydrogens (tertiary/aromatic N) is 3. The number of hydrogen-bond acceptors (Lipinski definition) is 6. The van der Waals surface area contributed by atoms with Crippen LogP contribution in [0.4, 0.5) is 5.13 Å². The Kier molecular flexibility index (Phi) is 6.21. The fourth-order valence-corrected chi connectivity index (χ4v) is 4.21. The summed E-state index contributed by atoms with van der Waals surface area (Å²) in [6, 6.07) is 0. The summed E-state index contributed by atoms with van der Waals surface area (Å²) in [6.45, 7) is 11.8. The van der Waals surface area contributed by atoms with Crippen molar-refractivity contribution in [2.24, 2.45) is 11.8 Å². The number of nitrogens with one attached hydrogen (secondary N) is 1. The van der Waals surface area contributed by atoms with Gasteiger partial charge in [0.25, 0.3) is 0 Å². The van der Waals surface area contributed by atoms with E-state index in [4.69, 9.17) is 4.74 Å². The summed E-state index contributed by atoms with van der Waals surface area (Å²) in [5.41, 5.74) is 0. The second kappa shape index (κ2) is 8.38. The number of likely N-dealkylation sites (tertiary alicyclic amines) is 1. The van der Waals surface area contributed by atoms with Gasteiger partial charge in [0, 0.05) is 43.8 Å². The van der Waals surface area contributed by atoms with Gasteiger partial charge in [-0.1, -0.05) is 13.8 Å². The molecule has 0 bridgehead atoms. The zero-order valence-corrected chi connectivity index (χ0v) is 15.5. The molecule has 0 radical (unpaired) electrons. The normalized spacial score (nSPS) is 23.0. The summed E-state index contributed by atoms with van der Waals surface area (Å²) in [5.74, 6) is 0.859. The van der Waals surface area contributed by atoms with E-state index in [0.717, 1.165) is 64.0 Å². The van der Waals surface area contributed by atoms with Crippen molar-refractivity contribution < 1.29 is 9.53 Å². The Morgan fingerprint density at radius 1 is 1.38 bits per heavy atom. The van der Waals surface area contributed by atoms with Crippen molar-refractivity contribution >= 4 is 22.4 Å². The standard InChI is InChI=1S/C17H28N4O2S/c1-13(2)10-21-4-3-14(11-21)16(22)19-17-18-9-15(24-17)12-20-5-7-23-8-6-20/h9,13-14H,3-8,10-12H2,1-2H3,(H,18,19,22). The Bertz CT molecular complexity index is 542. The van der Waals surface area contributed by atoms with Crippen molar-refractivity contribution in [1.29, 1.82) is 0 Å². The minimum absolute atomic E-state index is 0.0929. The molecule has 1 aromatic rings. The van der Waals surface area contributed by atoms with Gasteiger partial charge in [-0.05, 0) is 18.9 Å². The third-order valence-electron chi connectivity index (χ3n) is 4.53. The maximum absolute atomic E-state index is 12.4. The zero-order chi connectivity index (χ0) is 16.9. The van der Waals surface area contributed by atoms with E-state index in [1.807, 2.05) is 6.20 Å². The molecule has 1 unspecified atom stereocenters. The monoisotopic (exact) mass is 352 g/mol. The third kappa shape index (κ3) is 4.99. The molecule has 134 valence electrons. The quantitative estimate of drug-likeness (QED) is 0.847. The van der Waals surface area contributed by atoms with Crippen LogP contribution in [-0.4, -0.2) is 66.6 Å². The van der Waals surface area contributed by atoms with Crippen molar-refractivity contribution in [2.45, 2.75) is 26.8 Å². The van der Waals surface area contributed by atoms with Crippen LogP contribution in [-0.2, 0) is 16.1 Å². The lowest BCUT2D eigenvalue weighted by Crippen LogP contribution is -2.35. The highest BCUT2D eigenvalue weighted by Gasteiger charge is 2.28. The van der Waals surface area contributed by atoms with Crippen molar-refractivity contribution in [3.63, 3.8) is 0 Å². The highest BCUT2D eigenvalue weighted by molar-refractivity contribution is 7.15. The van der Waals surface area contributed by atoms with Crippen LogP contribution in [0.15, 0.2) is 6.20 Å². The summed E-state index contributed by atoms with van der Waals surface area (Å²) >= 11 is 1.59. The molecule has 24 heavy (non-hydrogen) atoms. The highest BCUT2D eigenvalue weighted by Crippen LogP contribution is 2.23. The number of carbonyl (C=O) groups is 1. The fourth-order valence-electron chi connectivity index (χ4n) is 3.35. The lowest BCUT2D eigenvalue weighted by atomic mass is 10.1. The Morgan fingerprint density at radius 3 is 2.92 bits per heavy atom. The van der Waals surface area contributed by atoms with Crippen LogP contribution < -0.4 is 5.32 Å². The Balaban J connectivity index is 1.46. The predicted octanol–water partition coefficient (Wildman–Crippen LogP) is 1.89. The first-order valence-corrected chi connectivity index (χ1v) is 9.70. The number of hydrogen-bond donors (Lipinski definition) is 1. The fraction of sp³-hybridized carbons (Fsp3) is 0.765. The van der Waals surface area contributed by atoms with E-state index in [0.29, 0.717) is 5.92 Å². The molecule has 2 aliphatic heterocycles. The molecule has 0 aromatic carbocycles. The molecule has 1 atom stereocenters. The molecular weight excluding hydrogens is 324 g/mol. The van der Waals surface area contributed by atoms with E-state index in [1.54, 1.807) is 11.3 Å². The molecule has 6 nitrogen and oxygen atoms in total. The molecule has 0 aliphatic carbocycles. The van der Waals surface area contributed by atoms with Gasteiger partial charge in [-0.25, -0.2) is 4.98 Å². The number of aromatic nitrogens is 1. The first-order valence-electron chi connectivity index (χ1n) is 8.88. The summed E-state index contributed by atoms with van der Waals surface area (Å²) in [7, 11) is 0. The van der Waals surface area contributed by atoms with Gasteiger partial charge in [0.05, 0.1) is 19.1 Å². The maximum atomic E-state index is 12.4. The van der Waals surface area contributed by atoms with Crippen LogP contribution in [0.1, 0.15) is 25.1 Å². The molecule has 0 spiro atoms. The summed E-state index contributed by atoms with van der Waals surface area (Å²) in [4.78, 5) is 22.8. The first-order chi connectivity index (χ1) is 11.6. The molecule has 1 aromatic heterocycles. The number of anilines is 1. The summed E-state index contributed by atoms with van der Waals surface area (Å²) in [6.07, 6.45) is 2.83. The lowest BCUT2D eigenvalue weighted by molar-refractivity contribution is -0.119. The smallest absolute Gasteiger partial charge is 0.230 e. The van der Waals surface area contributed by atoms with E-state index >= 15 is 0 Å². The molecular formula is C17H28N4O2S. The van der Waals surface area contributed by atoms with Gasteiger partial charge in [-0.3, -0.25) is 9.69 Å². The van der Waals surface area contributed by atoms with Gasteiger partial charge in [-0.15, -0.1) is 11.3 Å². The number of thiazole rings is 1. The van der Waals surface area contributed by atoms with E-state index < -0.39 is 0 Å². The molecule has 0 saturated carbocycles. The van der Waals surface area contributed by atoms with E-state index in [1.165, 1.54) is 4.88 Å². The van der Waals surface area contributed by atoms with E-state index in [9.17, 15) is 4.79 Å². The van der Waals surface area contributed by atoms with Crippen LogP contribution in [0, 0.1) is 11.8 Å². The topological polar surface area (TPSA) is 57.7 Å². The Morgan fingerprint density at radius 2 is 2.17 bits per heavy atom. The van der Waals surface area contributed by atoms with Crippen molar-refractivity contribution in [3.8, 4) is 0 Å². The van der Waals surface area contributed by atoms with Crippen LogP contribution in [0.3, 0.4) is 0 Å².